The summed E-state index contributed by atoms with van der Waals surface area (Å²) < 4.78 is 5.70. The summed E-state index contributed by atoms with van der Waals surface area (Å²) in [4.78, 5) is 12.4. The lowest BCUT2D eigenvalue weighted by molar-refractivity contribution is -0.119. The number of nitrogens with one attached hydrogen (secondary N) is 2. The number of rotatable bonds is 3. The van der Waals surface area contributed by atoms with E-state index in [9.17, 15) is 4.79 Å². The highest BCUT2D eigenvalue weighted by Crippen LogP contribution is 2.30. The number of ether oxygens (including phenoxy) is 1. The van der Waals surface area contributed by atoms with Crippen LogP contribution in [-0.4, -0.2) is 37.7 Å². The molecule has 1 saturated heterocycles. The third-order valence-electron chi connectivity index (χ3n) is 3.97. The van der Waals surface area contributed by atoms with E-state index in [1.807, 2.05) is 12.2 Å². The summed E-state index contributed by atoms with van der Waals surface area (Å²) >= 11 is 6.11. The third-order valence-corrected chi connectivity index (χ3v) is 4.20. The Morgan fingerprint density at radius 3 is 3.25 bits per heavy atom. The van der Waals surface area contributed by atoms with Crippen LogP contribution in [0, 0.1) is 5.92 Å². The first-order chi connectivity index (χ1) is 9.74. The number of amides is 1. The third kappa shape index (κ3) is 2.97. The molecule has 0 saturated carbocycles. The molecule has 0 aromatic rings. The van der Waals surface area contributed by atoms with Gasteiger partial charge >= 0.3 is 0 Å². The van der Waals surface area contributed by atoms with Crippen molar-refractivity contribution in [2.24, 2.45) is 5.92 Å². The fourth-order valence-electron chi connectivity index (χ4n) is 2.93. The normalized spacial score (nSPS) is 32.4. The average Bonchev–Trinajstić information content (AvgIpc) is 2.97. The van der Waals surface area contributed by atoms with Gasteiger partial charge < -0.3 is 15.4 Å². The number of hydrogen-bond donors (Lipinski definition) is 2. The van der Waals surface area contributed by atoms with Gasteiger partial charge in [0.1, 0.15) is 0 Å². The molecular weight excluding hydrogens is 276 g/mol. The minimum absolute atomic E-state index is 0.0617. The quantitative estimate of drug-likeness (QED) is 0.776. The predicted octanol–water partition coefficient (Wildman–Crippen LogP) is 1.49. The Balaban J connectivity index is 1.66. The zero-order valence-electron chi connectivity index (χ0n) is 11.3. The van der Waals surface area contributed by atoms with E-state index < -0.39 is 0 Å². The maximum Gasteiger partial charge on any atom is 0.249 e. The molecule has 0 spiro atoms. The summed E-state index contributed by atoms with van der Waals surface area (Å²) in [6.07, 6.45) is 9.75. The van der Waals surface area contributed by atoms with Gasteiger partial charge in [-0.05, 0) is 25.5 Å². The Kier molecular flexibility index (Phi) is 4.24. The second-order valence-electron chi connectivity index (χ2n) is 5.41. The summed E-state index contributed by atoms with van der Waals surface area (Å²) in [5.41, 5.74) is 0.629. The first-order valence-electron chi connectivity index (χ1n) is 7.13. The van der Waals surface area contributed by atoms with Crippen LogP contribution in [0.25, 0.3) is 0 Å². The highest BCUT2D eigenvalue weighted by atomic mass is 35.5. The maximum atomic E-state index is 12.4. The number of carbonyl (C=O) groups is 1. The molecule has 0 radical (unpaired) electrons. The van der Waals surface area contributed by atoms with E-state index in [1.54, 1.807) is 6.08 Å². The molecule has 0 bridgehead atoms. The molecule has 1 amide bonds. The molecule has 3 rings (SSSR count). The first-order valence-corrected chi connectivity index (χ1v) is 7.50. The molecule has 0 aromatic heterocycles. The van der Waals surface area contributed by atoms with Crippen molar-refractivity contribution < 1.29 is 9.53 Å². The van der Waals surface area contributed by atoms with Crippen molar-refractivity contribution in [3.63, 3.8) is 0 Å². The van der Waals surface area contributed by atoms with Crippen molar-refractivity contribution in [3.05, 3.63) is 34.9 Å². The fourth-order valence-corrected chi connectivity index (χ4v) is 3.19. The van der Waals surface area contributed by atoms with Gasteiger partial charge in [-0.2, -0.15) is 0 Å². The topological polar surface area (TPSA) is 50.4 Å². The van der Waals surface area contributed by atoms with Crippen molar-refractivity contribution in [2.45, 2.75) is 25.0 Å². The van der Waals surface area contributed by atoms with Gasteiger partial charge in [0, 0.05) is 29.1 Å². The summed E-state index contributed by atoms with van der Waals surface area (Å²) in [6, 6.07) is 0.386. The minimum Gasteiger partial charge on any atom is -0.368 e. The molecule has 5 heteroatoms. The molecule has 1 aliphatic carbocycles. The molecule has 20 heavy (non-hydrogen) atoms. The van der Waals surface area contributed by atoms with E-state index in [0.717, 1.165) is 13.0 Å². The van der Waals surface area contributed by atoms with Crippen LogP contribution in [0.5, 0.6) is 0 Å². The van der Waals surface area contributed by atoms with Crippen LogP contribution < -0.4 is 10.6 Å². The van der Waals surface area contributed by atoms with E-state index in [1.165, 1.54) is 6.42 Å². The van der Waals surface area contributed by atoms with Crippen LogP contribution in [0.2, 0.25) is 0 Å². The second kappa shape index (κ2) is 6.12. The fraction of sp³-hybridized carbons (Fsp3) is 0.533. The van der Waals surface area contributed by atoms with Crippen LogP contribution in [0.4, 0.5) is 0 Å². The molecule has 0 aromatic carbocycles. The molecule has 2 heterocycles. The lowest BCUT2D eigenvalue weighted by Crippen LogP contribution is -2.42. The summed E-state index contributed by atoms with van der Waals surface area (Å²) in [5.74, 6) is -0.0122. The van der Waals surface area contributed by atoms with E-state index in [-0.39, 0.29) is 17.9 Å². The number of fused-ring (bicyclic) bond motifs is 1. The van der Waals surface area contributed by atoms with Gasteiger partial charge in [-0.25, -0.2) is 0 Å². The van der Waals surface area contributed by atoms with Crippen molar-refractivity contribution >= 4 is 17.5 Å². The van der Waals surface area contributed by atoms with Gasteiger partial charge in [-0.1, -0.05) is 29.8 Å². The maximum absolute atomic E-state index is 12.4. The number of hydrogen-bond acceptors (Lipinski definition) is 3. The smallest absolute Gasteiger partial charge is 0.249 e. The van der Waals surface area contributed by atoms with E-state index >= 15 is 0 Å². The van der Waals surface area contributed by atoms with E-state index in [4.69, 9.17) is 16.3 Å². The summed E-state index contributed by atoms with van der Waals surface area (Å²) in [6.45, 7) is 2.24. The average molecular weight is 295 g/mol. The molecule has 4 nitrogen and oxygen atoms in total. The molecule has 3 atom stereocenters. The molecule has 3 aliphatic rings. The molecule has 1 fully saturated rings. The largest absolute Gasteiger partial charge is 0.368 e. The molecule has 108 valence electrons. The molecule has 2 N–H and O–H groups in total. The van der Waals surface area contributed by atoms with E-state index in [2.05, 4.69) is 16.7 Å². The zero-order valence-corrected chi connectivity index (χ0v) is 12.0. The van der Waals surface area contributed by atoms with Gasteiger partial charge in [0.15, 0.2) is 0 Å². The standard InChI is InChI=1S/C15H19ClN2O2/c16-11-7-10-3-2-6-20-14(10)13(8-11)15(19)18-9-12-4-1-5-17-12/h2-3,7-8,10,12,14,17H,1,4-6,9H2,(H,18,19). The second-order valence-corrected chi connectivity index (χ2v) is 5.85. The highest BCUT2D eigenvalue weighted by molar-refractivity contribution is 6.31. The zero-order chi connectivity index (χ0) is 13.9. The van der Waals surface area contributed by atoms with Crippen molar-refractivity contribution in [1.29, 1.82) is 0 Å². The Labute approximate surface area is 123 Å². The molecule has 3 unspecified atom stereocenters. The van der Waals surface area contributed by atoms with Gasteiger partial charge in [-0.3, -0.25) is 4.79 Å². The Hall–Kier alpha value is -1.10. The lowest BCUT2D eigenvalue weighted by atomic mass is 9.88. The summed E-state index contributed by atoms with van der Waals surface area (Å²) in [7, 11) is 0. The Morgan fingerprint density at radius 2 is 2.45 bits per heavy atom. The minimum atomic E-state index is -0.209. The van der Waals surface area contributed by atoms with Crippen molar-refractivity contribution in [2.75, 3.05) is 19.7 Å². The van der Waals surface area contributed by atoms with Gasteiger partial charge in [0.05, 0.1) is 12.7 Å². The van der Waals surface area contributed by atoms with Crippen LogP contribution in [0.3, 0.4) is 0 Å². The van der Waals surface area contributed by atoms with Crippen LogP contribution >= 0.6 is 11.6 Å². The van der Waals surface area contributed by atoms with E-state index in [0.29, 0.717) is 29.8 Å². The first kappa shape index (κ1) is 13.9. The van der Waals surface area contributed by atoms with Crippen molar-refractivity contribution in [1.82, 2.24) is 10.6 Å². The predicted molar refractivity (Wildman–Crippen MR) is 78.4 cm³/mol. The van der Waals surface area contributed by atoms with Gasteiger partial charge in [0.2, 0.25) is 5.91 Å². The van der Waals surface area contributed by atoms with Crippen LogP contribution in [0.1, 0.15) is 12.8 Å². The number of halogens is 1. The van der Waals surface area contributed by atoms with Gasteiger partial charge in [-0.15, -0.1) is 0 Å². The Bertz CT molecular complexity index is 478. The Morgan fingerprint density at radius 1 is 1.55 bits per heavy atom. The summed E-state index contributed by atoms with van der Waals surface area (Å²) in [5, 5.41) is 6.96. The number of allylic oxidation sites excluding steroid dienone is 2. The molecular formula is C15H19ClN2O2. The molecule has 2 aliphatic heterocycles. The highest BCUT2D eigenvalue weighted by Gasteiger charge is 2.32. The van der Waals surface area contributed by atoms with Crippen LogP contribution in [0.15, 0.2) is 34.9 Å². The van der Waals surface area contributed by atoms with Crippen molar-refractivity contribution in [3.8, 4) is 0 Å². The SMILES string of the molecule is O=C(NCC1CCCN1)C1=CC(Cl)=CC2C=CCOC12. The van der Waals surface area contributed by atoms with Gasteiger partial charge in [0.25, 0.3) is 0 Å². The number of carbonyl (C=O) groups excluding carboxylic acids is 1. The lowest BCUT2D eigenvalue weighted by Gasteiger charge is -2.30. The van der Waals surface area contributed by atoms with Crippen LogP contribution in [-0.2, 0) is 9.53 Å². The monoisotopic (exact) mass is 294 g/mol.